The van der Waals surface area contributed by atoms with Crippen molar-refractivity contribution in [3.05, 3.63) is 43.4 Å². The number of allylic oxidation sites excluding steroid dienone is 6. The fraction of sp³-hybridized carbons (Fsp3) is 0.611. The molecular formula is C18H31. The van der Waals surface area contributed by atoms with Crippen LogP contribution in [0.2, 0.25) is 0 Å². The van der Waals surface area contributed by atoms with Crippen LogP contribution in [0.5, 0.6) is 0 Å². The summed E-state index contributed by atoms with van der Waals surface area (Å²) in [5.41, 5.74) is 0. The lowest BCUT2D eigenvalue weighted by Crippen LogP contribution is -1.76. The molecule has 0 saturated heterocycles. The van der Waals surface area contributed by atoms with E-state index >= 15 is 0 Å². The van der Waals surface area contributed by atoms with Crippen molar-refractivity contribution in [2.75, 3.05) is 0 Å². The van der Waals surface area contributed by atoms with Crippen LogP contribution >= 0.6 is 0 Å². The summed E-state index contributed by atoms with van der Waals surface area (Å²) < 4.78 is 0. The molecule has 0 amide bonds. The van der Waals surface area contributed by atoms with Gasteiger partial charge in [0.25, 0.3) is 0 Å². The van der Waals surface area contributed by atoms with Crippen molar-refractivity contribution >= 4 is 0 Å². The van der Waals surface area contributed by atoms with Crippen molar-refractivity contribution in [1.29, 1.82) is 0 Å². The minimum absolute atomic E-state index is 0.668. The van der Waals surface area contributed by atoms with Crippen molar-refractivity contribution < 1.29 is 0 Å². The normalized spacial score (nSPS) is 12.7. The first kappa shape index (κ1) is 17.2. The molecule has 0 aromatic carbocycles. The summed E-state index contributed by atoms with van der Waals surface area (Å²) in [4.78, 5) is 0. The van der Waals surface area contributed by atoms with Crippen LogP contribution in [0.3, 0.4) is 0 Å². The summed E-state index contributed by atoms with van der Waals surface area (Å²) in [6.45, 7) is 8.27. The lowest BCUT2D eigenvalue weighted by Gasteiger charge is -1.95. The van der Waals surface area contributed by atoms with Gasteiger partial charge in [0.15, 0.2) is 0 Å². The van der Waals surface area contributed by atoms with Gasteiger partial charge in [-0.15, -0.1) is 0 Å². The quantitative estimate of drug-likeness (QED) is 0.298. The molecule has 0 aromatic heterocycles. The molecule has 0 aromatic rings. The first-order valence-electron chi connectivity index (χ1n) is 7.53. The van der Waals surface area contributed by atoms with Gasteiger partial charge in [-0.3, -0.25) is 0 Å². The second-order valence-electron chi connectivity index (χ2n) is 5.14. The van der Waals surface area contributed by atoms with Gasteiger partial charge < -0.3 is 0 Å². The van der Waals surface area contributed by atoms with Crippen molar-refractivity contribution in [3.8, 4) is 0 Å². The molecule has 1 radical (unpaired) electrons. The maximum Gasteiger partial charge on any atom is -0.0169 e. The predicted molar refractivity (Wildman–Crippen MR) is 84.6 cm³/mol. The number of unbranched alkanes of at least 4 members (excludes halogenated alkanes) is 5. The van der Waals surface area contributed by atoms with Gasteiger partial charge in [-0.2, -0.15) is 0 Å². The van der Waals surface area contributed by atoms with E-state index in [4.69, 9.17) is 0 Å². The third kappa shape index (κ3) is 15.2. The average Bonchev–Trinajstić information content (AvgIpc) is 2.34. The summed E-state index contributed by atoms with van der Waals surface area (Å²) in [5, 5.41) is 0. The van der Waals surface area contributed by atoms with Gasteiger partial charge in [-0.05, 0) is 31.6 Å². The third-order valence-electron chi connectivity index (χ3n) is 2.77. The van der Waals surface area contributed by atoms with Gasteiger partial charge in [0, 0.05) is 0 Å². The fourth-order valence-corrected chi connectivity index (χ4v) is 1.71. The second kappa shape index (κ2) is 14.3. The molecule has 0 aliphatic rings. The monoisotopic (exact) mass is 247 g/mol. The Bertz CT molecular complexity index is 230. The van der Waals surface area contributed by atoms with Gasteiger partial charge in [-0.1, -0.05) is 82.9 Å². The average molecular weight is 247 g/mol. The van der Waals surface area contributed by atoms with Crippen LogP contribution in [0.4, 0.5) is 0 Å². The lowest BCUT2D eigenvalue weighted by molar-refractivity contribution is 0.651. The maximum absolute atomic E-state index is 3.86. The van der Waals surface area contributed by atoms with E-state index in [9.17, 15) is 0 Å². The summed E-state index contributed by atoms with van der Waals surface area (Å²) >= 11 is 0. The number of rotatable bonds is 11. The zero-order valence-corrected chi connectivity index (χ0v) is 12.4. The zero-order chi connectivity index (χ0) is 13.5. The molecule has 0 saturated carbocycles. The highest BCUT2D eigenvalue weighted by Gasteiger charge is 1.86. The molecule has 0 rings (SSSR count). The van der Waals surface area contributed by atoms with Gasteiger partial charge in [-0.25, -0.2) is 0 Å². The van der Waals surface area contributed by atoms with Crippen LogP contribution in [0.25, 0.3) is 0 Å². The summed E-state index contributed by atoms with van der Waals surface area (Å²) in [6, 6.07) is 0. The van der Waals surface area contributed by atoms with Crippen LogP contribution in [0.15, 0.2) is 36.5 Å². The molecule has 0 bridgehead atoms. The first-order chi connectivity index (χ1) is 8.77. The molecular weight excluding hydrogens is 216 g/mol. The number of hydrogen-bond donors (Lipinski definition) is 0. The van der Waals surface area contributed by atoms with Gasteiger partial charge in [0.05, 0.1) is 0 Å². The van der Waals surface area contributed by atoms with Gasteiger partial charge in [0.1, 0.15) is 0 Å². The molecule has 0 fully saturated rings. The van der Waals surface area contributed by atoms with Crippen molar-refractivity contribution in [3.63, 3.8) is 0 Å². The summed E-state index contributed by atoms with van der Waals surface area (Å²) in [5.74, 6) is 0.668. The standard InChI is InChI=1S/C18H31/c1-4-5-6-7-8-9-10-11-12-13-14-15-16-17-18(2)3/h10-11,13-14,16-18H,1,4-9,12,15H2,2-3H3. The first-order valence-corrected chi connectivity index (χ1v) is 7.53. The molecule has 0 heterocycles. The molecule has 0 heteroatoms. The molecule has 0 aliphatic carbocycles. The Kier molecular flexibility index (Phi) is 13.7. The lowest BCUT2D eigenvalue weighted by atomic mass is 10.1. The summed E-state index contributed by atoms with van der Waals surface area (Å²) in [6.07, 6.45) is 23.4. The SMILES string of the molecule is [CH2]CCCCCCC=CCC=CCC=CC(C)C. The Morgan fingerprint density at radius 2 is 1.39 bits per heavy atom. The van der Waals surface area contributed by atoms with E-state index in [-0.39, 0.29) is 0 Å². The zero-order valence-electron chi connectivity index (χ0n) is 12.4. The Balaban J connectivity index is 3.29. The van der Waals surface area contributed by atoms with E-state index in [1.54, 1.807) is 0 Å². The molecule has 18 heavy (non-hydrogen) atoms. The maximum atomic E-state index is 3.86. The largest absolute Gasteiger partial charge is 0.0882 e. The van der Waals surface area contributed by atoms with Crippen LogP contribution < -0.4 is 0 Å². The second-order valence-corrected chi connectivity index (χ2v) is 5.14. The molecule has 0 nitrogen and oxygen atoms in total. The van der Waals surface area contributed by atoms with E-state index in [0.717, 1.165) is 19.3 Å². The fourth-order valence-electron chi connectivity index (χ4n) is 1.71. The Morgan fingerprint density at radius 1 is 0.778 bits per heavy atom. The van der Waals surface area contributed by atoms with Crippen molar-refractivity contribution in [1.82, 2.24) is 0 Å². The predicted octanol–water partition coefficient (Wildman–Crippen LogP) is 6.27. The molecule has 103 valence electrons. The molecule has 0 atom stereocenters. The molecule has 0 N–H and O–H groups in total. The third-order valence-corrected chi connectivity index (χ3v) is 2.77. The molecule has 0 spiro atoms. The van der Waals surface area contributed by atoms with E-state index in [1.165, 1.54) is 32.1 Å². The highest BCUT2D eigenvalue weighted by molar-refractivity contribution is 4.97. The molecule has 0 aliphatic heterocycles. The Labute approximate surface area is 115 Å². The van der Waals surface area contributed by atoms with Crippen molar-refractivity contribution in [2.24, 2.45) is 5.92 Å². The van der Waals surface area contributed by atoms with Crippen LogP contribution in [-0.4, -0.2) is 0 Å². The van der Waals surface area contributed by atoms with E-state index in [1.807, 2.05) is 0 Å². The Hall–Kier alpha value is -0.780. The molecule has 0 unspecified atom stereocenters. The summed E-state index contributed by atoms with van der Waals surface area (Å²) in [7, 11) is 0. The van der Waals surface area contributed by atoms with E-state index < -0.39 is 0 Å². The topological polar surface area (TPSA) is 0 Å². The van der Waals surface area contributed by atoms with Gasteiger partial charge in [0.2, 0.25) is 0 Å². The minimum Gasteiger partial charge on any atom is -0.0882 e. The van der Waals surface area contributed by atoms with E-state index in [2.05, 4.69) is 57.2 Å². The smallest absolute Gasteiger partial charge is 0.0169 e. The van der Waals surface area contributed by atoms with Crippen LogP contribution in [0, 0.1) is 12.8 Å². The van der Waals surface area contributed by atoms with E-state index in [0.29, 0.717) is 5.92 Å². The van der Waals surface area contributed by atoms with Gasteiger partial charge >= 0.3 is 0 Å². The van der Waals surface area contributed by atoms with Crippen LogP contribution in [0.1, 0.15) is 65.2 Å². The highest BCUT2D eigenvalue weighted by atomic mass is 13.9. The minimum atomic E-state index is 0.668. The Morgan fingerprint density at radius 3 is 2.06 bits per heavy atom. The number of hydrogen-bond acceptors (Lipinski definition) is 0. The van der Waals surface area contributed by atoms with Crippen LogP contribution in [-0.2, 0) is 0 Å². The highest BCUT2D eigenvalue weighted by Crippen LogP contribution is 2.05. The van der Waals surface area contributed by atoms with Crippen molar-refractivity contribution in [2.45, 2.75) is 65.2 Å².